The quantitative estimate of drug-likeness (QED) is 0.174. The highest BCUT2D eigenvalue weighted by Crippen LogP contribution is 2.47. The lowest BCUT2D eigenvalue weighted by Gasteiger charge is -2.32. The van der Waals surface area contributed by atoms with Crippen LogP contribution in [0.2, 0.25) is 0 Å². The van der Waals surface area contributed by atoms with E-state index in [1.54, 1.807) is 13.0 Å². The molecule has 3 rings (SSSR count). The van der Waals surface area contributed by atoms with Crippen molar-refractivity contribution in [2.24, 2.45) is 11.8 Å². The minimum Gasteiger partial charge on any atom is -0.508 e. The highest BCUT2D eigenvalue weighted by atomic mass is 16.6. The highest BCUT2D eigenvalue weighted by molar-refractivity contribution is 6.10. The van der Waals surface area contributed by atoms with Crippen LogP contribution in [0.5, 0.6) is 5.75 Å². The molecular formula is C28H33NO9. The van der Waals surface area contributed by atoms with Crippen LogP contribution in [0.15, 0.2) is 47.7 Å². The molecule has 2 aliphatic rings. The molecule has 0 aromatic heterocycles. The summed E-state index contributed by atoms with van der Waals surface area (Å²) in [6, 6.07) is 2.68. The summed E-state index contributed by atoms with van der Waals surface area (Å²) in [6.07, 6.45) is 4.53. The number of carboxylic acid groups (broad SMARTS) is 1. The number of nitrogens with one attached hydrogen (secondary N) is 1. The van der Waals surface area contributed by atoms with Gasteiger partial charge in [0, 0.05) is 29.2 Å². The van der Waals surface area contributed by atoms with E-state index in [1.807, 2.05) is 6.92 Å². The first kappa shape index (κ1) is 28.8. The monoisotopic (exact) mass is 527 g/mol. The number of carbonyl (C=O) groups excluding carboxylic acids is 3. The van der Waals surface area contributed by atoms with Crippen molar-refractivity contribution in [2.45, 2.75) is 64.8 Å². The number of amides is 1. The number of phenols is 1. The molecule has 1 heterocycles. The minimum absolute atomic E-state index is 0.00435. The van der Waals surface area contributed by atoms with Gasteiger partial charge in [0.25, 0.3) is 0 Å². The summed E-state index contributed by atoms with van der Waals surface area (Å²) in [5, 5.41) is 43.5. The van der Waals surface area contributed by atoms with Gasteiger partial charge in [-0.1, -0.05) is 25.2 Å². The number of ketones is 1. The number of aromatic hydroxyl groups is 1. The van der Waals surface area contributed by atoms with E-state index < -0.39 is 47.4 Å². The number of aryl methyl sites for hydroxylation is 1. The van der Waals surface area contributed by atoms with Gasteiger partial charge in [-0.2, -0.15) is 0 Å². The van der Waals surface area contributed by atoms with E-state index in [1.165, 1.54) is 38.1 Å². The average Bonchev–Trinajstić information content (AvgIpc) is 3.09. The summed E-state index contributed by atoms with van der Waals surface area (Å²) in [5.74, 6) is -4.27. The van der Waals surface area contributed by atoms with Gasteiger partial charge >= 0.3 is 11.9 Å². The lowest BCUT2D eigenvalue weighted by molar-refractivity contribution is -0.147. The second-order valence-corrected chi connectivity index (χ2v) is 9.78. The summed E-state index contributed by atoms with van der Waals surface area (Å²) in [5.41, 5.74) is -1.39. The Bertz CT molecular complexity index is 1240. The van der Waals surface area contributed by atoms with Crippen LogP contribution >= 0.6 is 0 Å². The van der Waals surface area contributed by atoms with Gasteiger partial charge in [-0.25, -0.2) is 4.79 Å². The van der Waals surface area contributed by atoms with Crippen LogP contribution in [0.1, 0.15) is 61.5 Å². The standard InChI is InChI=1S/C28H33NO9/c1-5-17(7-9-25(33)34)6-8-21(30)16(4)38-27(36)15(3)11-20-26(35)29-24-13-23(32)18-12-22(31)14(2)10-19(18)28(20,24)37/h6,8,10-13,16-17,20-21,30-31,37H,5,7,9H2,1-4H3,(H,29,35)(H,33,34)/b8-6+,15-11-/t16-,17-,20+,21-,28+/m0/s1. The molecule has 1 saturated heterocycles. The zero-order chi connectivity index (χ0) is 28.4. The average molecular weight is 528 g/mol. The molecule has 1 aliphatic carbocycles. The molecule has 1 amide bonds. The van der Waals surface area contributed by atoms with Crippen molar-refractivity contribution in [3.8, 4) is 5.75 Å². The number of phenolic OH excluding ortho intramolecular Hbond substituents is 1. The predicted molar refractivity (Wildman–Crippen MR) is 136 cm³/mol. The molecule has 0 saturated carbocycles. The van der Waals surface area contributed by atoms with Gasteiger partial charge in [0.15, 0.2) is 5.78 Å². The number of fused-ring (bicyclic) bond motifs is 3. The third-order valence-corrected chi connectivity index (χ3v) is 7.04. The second kappa shape index (κ2) is 11.3. The molecule has 1 aromatic carbocycles. The van der Waals surface area contributed by atoms with Crippen LogP contribution in [0, 0.1) is 18.8 Å². The number of benzene rings is 1. The zero-order valence-electron chi connectivity index (χ0n) is 21.7. The SMILES string of the molecule is CC[C@@H](/C=C/[C@H](O)[C@H](C)OC(=O)/C(C)=C\[C@@H]1C(=O)NC2=CC(=O)c3cc(O)c(C)cc3[C@]21O)CCC(=O)O. The molecule has 5 N–H and O–H groups in total. The van der Waals surface area contributed by atoms with Crippen LogP contribution in [-0.2, 0) is 24.7 Å². The van der Waals surface area contributed by atoms with E-state index in [2.05, 4.69) is 5.32 Å². The van der Waals surface area contributed by atoms with Crippen LogP contribution in [0.25, 0.3) is 0 Å². The molecule has 1 aliphatic heterocycles. The van der Waals surface area contributed by atoms with Crippen molar-refractivity contribution in [1.82, 2.24) is 5.32 Å². The third-order valence-electron chi connectivity index (χ3n) is 7.04. The molecule has 0 bridgehead atoms. The number of aliphatic hydroxyl groups excluding tert-OH is 1. The van der Waals surface area contributed by atoms with Crippen molar-refractivity contribution >= 4 is 23.6 Å². The maximum Gasteiger partial charge on any atom is 0.333 e. The van der Waals surface area contributed by atoms with Gasteiger partial charge in [-0.3, -0.25) is 14.4 Å². The summed E-state index contributed by atoms with van der Waals surface area (Å²) >= 11 is 0. The number of ether oxygens (including phenoxy) is 1. The van der Waals surface area contributed by atoms with Gasteiger partial charge < -0.3 is 30.5 Å². The summed E-state index contributed by atoms with van der Waals surface area (Å²) in [7, 11) is 0. The summed E-state index contributed by atoms with van der Waals surface area (Å²) in [4.78, 5) is 48.9. The Morgan fingerprint density at radius 3 is 2.55 bits per heavy atom. The van der Waals surface area contributed by atoms with Crippen LogP contribution in [0.3, 0.4) is 0 Å². The minimum atomic E-state index is -1.96. The van der Waals surface area contributed by atoms with Crippen molar-refractivity contribution < 1.29 is 44.3 Å². The first-order valence-electron chi connectivity index (χ1n) is 12.4. The van der Waals surface area contributed by atoms with E-state index in [4.69, 9.17) is 9.84 Å². The van der Waals surface area contributed by atoms with E-state index >= 15 is 0 Å². The molecule has 38 heavy (non-hydrogen) atoms. The van der Waals surface area contributed by atoms with Gasteiger partial charge in [0.2, 0.25) is 5.91 Å². The predicted octanol–water partition coefficient (Wildman–Crippen LogP) is 2.40. The van der Waals surface area contributed by atoms with Crippen LogP contribution in [-0.4, -0.2) is 56.3 Å². The number of carboxylic acids is 1. The van der Waals surface area contributed by atoms with Crippen molar-refractivity contribution in [1.29, 1.82) is 0 Å². The zero-order valence-corrected chi connectivity index (χ0v) is 21.7. The fourth-order valence-electron chi connectivity index (χ4n) is 4.56. The summed E-state index contributed by atoms with van der Waals surface area (Å²) < 4.78 is 5.36. The maximum absolute atomic E-state index is 12.8. The molecule has 0 radical (unpaired) electrons. The smallest absolute Gasteiger partial charge is 0.333 e. The van der Waals surface area contributed by atoms with Crippen LogP contribution in [0.4, 0.5) is 0 Å². The number of allylic oxidation sites excluding steroid dienone is 2. The van der Waals surface area contributed by atoms with Gasteiger partial charge in [-0.05, 0) is 57.2 Å². The van der Waals surface area contributed by atoms with Gasteiger partial charge in [0.05, 0.1) is 11.6 Å². The Kier molecular flexibility index (Phi) is 8.58. The van der Waals surface area contributed by atoms with Crippen molar-refractivity contribution in [2.75, 3.05) is 0 Å². The van der Waals surface area contributed by atoms with E-state index in [0.29, 0.717) is 18.4 Å². The van der Waals surface area contributed by atoms with Crippen LogP contribution < -0.4 is 5.32 Å². The molecule has 10 heteroatoms. The fraction of sp³-hybridized carbons (Fsp3) is 0.429. The Hall–Kier alpha value is -3.76. The molecule has 1 aromatic rings. The van der Waals surface area contributed by atoms with Gasteiger partial charge in [0.1, 0.15) is 23.6 Å². The van der Waals surface area contributed by atoms with E-state index in [-0.39, 0.29) is 40.5 Å². The second-order valence-electron chi connectivity index (χ2n) is 9.78. The number of aliphatic carboxylic acids is 1. The third kappa shape index (κ3) is 5.71. The number of hydrogen-bond donors (Lipinski definition) is 5. The highest BCUT2D eigenvalue weighted by Gasteiger charge is 2.55. The number of esters is 1. The number of carbonyl (C=O) groups is 4. The van der Waals surface area contributed by atoms with Gasteiger partial charge in [-0.15, -0.1) is 0 Å². The fourth-order valence-corrected chi connectivity index (χ4v) is 4.56. The number of aliphatic hydroxyl groups is 2. The largest absolute Gasteiger partial charge is 0.508 e. The van der Waals surface area contributed by atoms with E-state index in [9.17, 15) is 34.5 Å². The summed E-state index contributed by atoms with van der Waals surface area (Å²) in [6.45, 7) is 6.40. The molecule has 0 spiro atoms. The number of hydrogen-bond acceptors (Lipinski definition) is 8. The molecular weight excluding hydrogens is 494 g/mol. The Morgan fingerprint density at radius 1 is 1.24 bits per heavy atom. The lowest BCUT2D eigenvalue weighted by atomic mass is 9.74. The normalized spacial score (nSPS) is 23.3. The Balaban J connectivity index is 1.78. The molecule has 204 valence electrons. The Labute approximate surface area is 220 Å². The van der Waals surface area contributed by atoms with Crippen molar-refractivity contribution in [3.63, 3.8) is 0 Å². The molecule has 10 nitrogen and oxygen atoms in total. The molecule has 5 atom stereocenters. The molecule has 0 unspecified atom stereocenters. The first-order valence-corrected chi connectivity index (χ1v) is 12.4. The first-order chi connectivity index (χ1) is 17.8. The maximum atomic E-state index is 12.8. The van der Waals surface area contributed by atoms with E-state index in [0.717, 1.165) is 6.08 Å². The lowest BCUT2D eigenvalue weighted by Crippen LogP contribution is -2.38. The number of rotatable bonds is 10. The topological polar surface area (TPSA) is 170 Å². The molecule has 1 fully saturated rings. The Morgan fingerprint density at radius 2 is 1.92 bits per heavy atom. The van der Waals surface area contributed by atoms with Crippen molar-refractivity contribution in [3.05, 3.63) is 64.4 Å².